The maximum Gasteiger partial charge on any atom is 0.263 e. The second-order valence-corrected chi connectivity index (χ2v) is 7.79. The predicted molar refractivity (Wildman–Crippen MR) is 91.2 cm³/mol. The number of carbonyl (C=O) groups excluding carboxylic acids is 1. The van der Waals surface area contributed by atoms with E-state index in [0.717, 1.165) is 41.6 Å². The van der Waals surface area contributed by atoms with Crippen molar-refractivity contribution < 1.29 is 4.79 Å². The summed E-state index contributed by atoms with van der Waals surface area (Å²) in [6, 6.07) is 2.36. The Hall–Kier alpha value is -1.95. The molecule has 0 N–H and O–H groups in total. The highest BCUT2D eigenvalue weighted by Gasteiger charge is 2.54. The molecule has 0 bridgehead atoms. The van der Waals surface area contributed by atoms with Crippen LogP contribution in [0.25, 0.3) is 0 Å². The van der Waals surface area contributed by atoms with Gasteiger partial charge in [0.2, 0.25) is 0 Å². The van der Waals surface area contributed by atoms with Gasteiger partial charge in [0.05, 0.1) is 16.0 Å². The minimum Gasteiger partial charge on any atom is -0.352 e. The van der Waals surface area contributed by atoms with Crippen LogP contribution in [-0.2, 0) is 5.41 Å². The van der Waals surface area contributed by atoms with Crippen LogP contribution < -0.4 is 4.90 Å². The van der Waals surface area contributed by atoms with E-state index < -0.39 is 0 Å². The van der Waals surface area contributed by atoms with Crippen molar-refractivity contribution in [3.8, 4) is 0 Å². The zero-order valence-corrected chi connectivity index (χ0v) is 14.4. The number of aromatic nitrogens is 2. The highest BCUT2D eigenvalue weighted by atomic mass is 32.1. The van der Waals surface area contributed by atoms with Crippen LogP contribution in [0, 0.1) is 6.92 Å². The van der Waals surface area contributed by atoms with E-state index in [-0.39, 0.29) is 11.3 Å². The van der Waals surface area contributed by atoms with Crippen LogP contribution in [0.5, 0.6) is 0 Å². The Morgan fingerprint density at radius 1 is 1.26 bits per heavy atom. The van der Waals surface area contributed by atoms with Gasteiger partial charge in [-0.25, -0.2) is 4.98 Å². The van der Waals surface area contributed by atoms with Crippen molar-refractivity contribution >= 4 is 23.1 Å². The molecule has 23 heavy (non-hydrogen) atoms. The van der Waals surface area contributed by atoms with Crippen LogP contribution >= 0.6 is 11.3 Å². The third-order valence-corrected chi connectivity index (χ3v) is 5.80. The number of carbonyl (C=O) groups is 1. The maximum absolute atomic E-state index is 12.6. The van der Waals surface area contributed by atoms with Crippen molar-refractivity contribution in [1.29, 1.82) is 0 Å². The number of rotatable bonds is 2. The van der Waals surface area contributed by atoms with Gasteiger partial charge in [-0.15, -0.1) is 11.3 Å². The minimum absolute atomic E-state index is 0.0458. The Kier molecular flexibility index (Phi) is 3.20. The Labute approximate surface area is 140 Å². The molecule has 0 atom stereocenters. The molecule has 2 aromatic rings. The normalized spacial score (nSPS) is 18.4. The first-order valence-corrected chi connectivity index (χ1v) is 8.81. The van der Waals surface area contributed by atoms with E-state index in [2.05, 4.69) is 28.7 Å². The second kappa shape index (κ2) is 5.03. The molecular formula is C17H20N4OS. The molecule has 0 saturated carbocycles. The van der Waals surface area contributed by atoms with Gasteiger partial charge in [-0.2, -0.15) is 0 Å². The fourth-order valence-electron chi connectivity index (χ4n) is 3.59. The van der Waals surface area contributed by atoms with Crippen LogP contribution in [0.3, 0.4) is 0 Å². The molecule has 120 valence electrons. The zero-order chi connectivity index (χ0) is 16.2. The summed E-state index contributed by atoms with van der Waals surface area (Å²) in [5, 5.41) is 2.03. The Balaban J connectivity index is 1.58. The summed E-state index contributed by atoms with van der Waals surface area (Å²) >= 11 is 1.53. The molecule has 2 aromatic heterocycles. The van der Waals surface area contributed by atoms with Crippen molar-refractivity contribution in [1.82, 2.24) is 14.9 Å². The summed E-state index contributed by atoms with van der Waals surface area (Å²) in [6.07, 6.45) is 3.51. The molecule has 1 amide bonds. The third-order valence-electron chi connectivity index (χ3n) is 4.77. The van der Waals surface area contributed by atoms with Crippen LogP contribution in [-0.4, -0.2) is 46.5 Å². The number of hydrogen-bond donors (Lipinski definition) is 0. The molecule has 2 aliphatic rings. The van der Waals surface area contributed by atoms with E-state index in [4.69, 9.17) is 0 Å². The van der Waals surface area contributed by atoms with E-state index in [0.29, 0.717) is 6.04 Å². The quantitative estimate of drug-likeness (QED) is 0.850. The van der Waals surface area contributed by atoms with Crippen molar-refractivity contribution in [3.63, 3.8) is 0 Å². The SMILES string of the molecule is Cc1csc(C(=O)N2CC3(C2)CN(C(C)C)c2nccnc23)c1. The number of likely N-dealkylation sites (tertiary alicyclic amines) is 1. The number of nitrogens with zero attached hydrogens (tertiary/aromatic N) is 4. The topological polar surface area (TPSA) is 49.3 Å². The Bertz CT molecular complexity index is 763. The van der Waals surface area contributed by atoms with E-state index in [1.807, 2.05) is 23.3 Å². The molecule has 2 aliphatic heterocycles. The molecule has 1 saturated heterocycles. The van der Waals surface area contributed by atoms with Crippen LogP contribution in [0.4, 0.5) is 5.82 Å². The molecule has 5 nitrogen and oxygen atoms in total. The van der Waals surface area contributed by atoms with Gasteiger partial charge in [0.25, 0.3) is 5.91 Å². The monoisotopic (exact) mass is 328 g/mol. The van der Waals surface area contributed by atoms with Gasteiger partial charge in [0.15, 0.2) is 5.82 Å². The summed E-state index contributed by atoms with van der Waals surface area (Å²) in [5.74, 6) is 1.13. The number of aryl methyl sites for hydroxylation is 1. The average Bonchev–Trinajstić information content (AvgIpc) is 3.07. The molecule has 6 heteroatoms. The molecular weight excluding hydrogens is 308 g/mol. The molecule has 0 aromatic carbocycles. The second-order valence-electron chi connectivity index (χ2n) is 6.88. The van der Waals surface area contributed by atoms with E-state index in [9.17, 15) is 4.79 Å². The molecule has 0 unspecified atom stereocenters. The van der Waals surface area contributed by atoms with Crippen LogP contribution in [0.1, 0.15) is 34.8 Å². The standard InChI is InChI=1S/C17H20N4OS/c1-11(2)21-10-17(14-15(21)19-5-4-18-14)8-20(9-17)16(22)13-6-12(3)7-23-13/h4-7,11H,8-10H2,1-3H3. The van der Waals surface area contributed by atoms with Crippen molar-refractivity contribution in [2.75, 3.05) is 24.5 Å². The molecule has 0 radical (unpaired) electrons. The molecule has 1 spiro atoms. The lowest BCUT2D eigenvalue weighted by atomic mass is 9.78. The number of fused-ring (bicyclic) bond motifs is 2. The minimum atomic E-state index is -0.0458. The highest BCUT2D eigenvalue weighted by Crippen LogP contribution is 2.45. The first kappa shape index (κ1) is 14.6. The number of thiophene rings is 1. The smallest absolute Gasteiger partial charge is 0.263 e. The fraction of sp³-hybridized carbons (Fsp3) is 0.471. The third kappa shape index (κ3) is 2.16. The zero-order valence-electron chi connectivity index (χ0n) is 13.6. The largest absolute Gasteiger partial charge is 0.352 e. The molecule has 0 aliphatic carbocycles. The maximum atomic E-state index is 12.6. The van der Waals surface area contributed by atoms with Gasteiger partial charge < -0.3 is 9.80 Å². The lowest BCUT2D eigenvalue weighted by Gasteiger charge is -2.47. The molecule has 4 rings (SSSR count). The number of anilines is 1. The van der Waals surface area contributed by atoms with Gasteiger partial charge in [-0.1, -0.05) is 0 Å². The van der Waals surface area contributed by atoms with Crippen molar-refractivity contribution in [2.45, 2.75) is 32.2 Å². The summed E-state index contributed by atoms with van der Waals surface area (Å²) < 4.78 is 0. The van der Waals surface area contributed by atoms with Gasteiger partial charge in [0, 0.05) is 38.1 Å². The van der Waals surface area contributed by atoms with Crippen molar-refractivity contribution in [3.05, 3.63) is 40.0 Å². The lowest BCUT2D eigenvalue weighted by molar-refractivity contribution is 0.0420. The van der Waals surface area contributed by atoms with Gasteiger partial charge in [-0.3, -0.25) is 9.78 Å². The van der Waals surface area contributed by atoms with Crippen LogP contribution in [0.15, 0.2) is 23.8 Å². The van der Waals surface area contributed by atoms with Crippen LogP contribution in [0.2, 0.25) is 0 Å². The first-order valence-electron chi connectivity index (χ1n) is 7.93. The lowest BCUT2D eigenvalue weighted by Crippen LogP contribution is -2.63. The summed E-state index contributed by atoms with van der Waals surface area (Å²) in [4.78, 5) is 26.8. The summed E-state index contributed by atoms with van der Waals surface area (Å²) in [7, 11) is 0. The predicted octanol–water partition coefficient (Wildman–Crippen LogP) is 2.47. The fourth-order valence-corrected chi connectivity index (χ4v) is 4.46. The summed E-state index contributed by atoms with van der Waals surface area (Å²) in [6.45, 7) is 8.74. The number of hydrogen-bond acceptors (Lipinski definition) is 5. The average molecular weight is 328 g/mol. The molecule has 1 fully saturated rings. The van der Waals surface area contributed by atoms with Gasteiger partial charge in [-0.05, 0) is 37.8 Å². The summed E-state index contributed by atoms with van der Waals surface area (Å²) in [5.41, 5.74) is 2.16. The van der Waals surface area contributed by atoms with Crippen molar-refractivity contribution in [2.24, 2.45) is 0 Å². The van der Waals surface area contributed by atoms with E-state index in [1.54, 1.807) is 12.4 Å². The van der Waals surface area contributed by atoms with E-state index in [1.165, 1.54) is 11.3 Å². The van der Waals surface area contributed by atoms with E-state index >= 15 is 0 Å². The Morgan fingerprint density at radius 2 is 2.00 bits per heavy atom. The van der Waals surface area contributed by atoms with Gasteiger partial charge in [0.1, 0.15) is 0 Å². The highest BCUT2D eigenvalue weighted by molar-refractivity contribution is 7.12. The first-order chi connectivity index (χ1) is 11.0. The van der Waals surface area contributed by atoms with Gasteiger partial charge >= 0.3 is 0 Å². The number of amides is 1. The molecule has 4 heterocycles. The Morgan fingerprint density at radius 3 is 2.65 bits per heavy atom.